The SMILES string of the molecule is FC(F)(F)C1CCC(Oc2ccc3ccc(CN4CCCCC4)cc3c2Cl)CC1. The summed E-state index contributed by atoms with van der Waals surface area (Å²) in [7, 11) is 0. The molecule has 0 N–H and O–H groups in total. The van der Waals surface area contributed by atoms with Crippen molar-refractivity contribution in [2.75, 3.05) is 13.1 Å². The summed E-state index contributed by atoms with van der Waals surface area (Å²) in [6, 6.07) is 10.2. The molecular formula is C23H27ClF3NO. The molecule has 2 aromatic rings. The molecule has 0 bridgehead atoms. The van der Waals surface area contributed by atoms with E-state index in [4.69, 9.17) is 16.3 Å². The van der Waals surface area contributed by atoms with Gasteiger partial charge in [0.05, 0.1) is 17.0 Å². The van der Waals surface area contributed by atoms with Gasteiger partial charge in [0.25, 0.3) is 0 Å². The number of halogens is 4. The van der Waals surface area contributed by atoms with Crippen molar-refractivity contribution >= 4 is 22.4 Å². The summed E-state index contributed by atoms with van der Waals surface area (Å²) >= 11 is 6.66. The van der Waals surface area contributed by atoms with Gasteiger partial charge in [0, 0.05) is 11.9 Å². The van der Waals surface area contributed by atoms with Gasteiger partial charge >= 0.3 is 6.18 Å². The maximum Gasteiger partial charge on any atom is 0.391 e. The molecule has 2 nitrogen and oxygen atoms in total. The van der Waals surface area contributed by atoms with Gasteiger partial charge < -0.3 is 4.74 Å². The van der Waals surface area contributed by atoms with E-state index < -0.39 is 12.1 Å². The molecule has 0 spiro atoms. The number of rotatable bonds is 4. The van der Waals surface area contributed by atoms with E-state index in [1.54, 1.807) is 0 Å². The molecule has 2 aromatic carbocycles. The number of alkyl halides is 3. The smallest absolute Gasteiger partial charge is 0.391 e. The lowest BCUT2D eigenvalue weighted by atomic mass is 9.87. The molecule has 2 fully saturated rings. The average molecular weight is 426 g/mol. The predicted octanol–water partition coefficient (Wildman–Crippen LogP) is 6.98. The Morgan fingerprint density at radius 3 is 2.34 bits per heavy atom. The molecule has 29 heavy (non-hydrogen) atoms. The summed E-state index contributed by atoms with van der Waals surface area (Å²) in [5, 5.41) is 2.55. The number of nitrogens with zero attached hydrogens (tertiary/aromatic N) is 1. The molecule has 0 atom stereocenters. The second kappa shape index (κ2) is 8.73. The summed E-state index contributed by atoms with van der Waals surface area (Å²) in [5.41, 5.74) is 1.23. The van der Waals surface area contributed by atoms with E-state index in [9.17, 15) is 13.2 Å². The van der Waals surface area contributed by atoms with E-state index in [1.165, 1.54) is 24.8 Å². The molecule has 1 heterocycles. The topological polar surface area (TPSA) is 12.5 Å². The van der Waals surface area contributed by atoms with Crippen LogP contribution in [0, 0.1) is 5.92 Å². The van der Waals surface area contributed by atoms with Gasteiger partial charge in [0.1, 0.15) is 5.75 Å². The summed E-state index contributed by atoms with van der Waals surface area (Å²) in [4.78, 5) is 2.47. The van der Waals surface area contributed by atoms with E-state index in [-0.39, 0.29) is 18.9 Å². The molecular weight excluding hydrogens is 399 g/mol. The molecule has 1 saturated carbocycles. The Kier molecular flexibility index (Phi) is 6.26. The van der Waals surface area contributed by atoms with Crippen LogP contribution < -0.4 is 4.74 Å². The highest BCUT2D eigenvalue weighted by Gasteiger charge is 2.41. The van der Waals surface area contributed by atoms with Crippen molar-refractivity contribution in [1.29, 1.82) is 0 Å². The van der Waals surface area contributed by atoms with Crippen molar-refractivity contribution in [3.8, 4) is 5.75 Å². The summed E-state index contributed by atoms with van der Waals surface area (Å²) in [6.07, 6.45) is 0.577. The van der Waals surface area contributed by atoms with Crippen LogP contribution in [-0.2, 0) is 6.54 Å². The fraction of sp³-hybridized carbons (Fsp3) is 0.565. The van der Waals surface area contributed by atoms with Crippen LogP contribution in [-0.4, -0.2) is 30.3 Å². The Balaban J connectivity index is 1.46. The van der Waals surface area contributed by atoms with Gasteiger partial charge in [0.15, 0.2) is 0 Å². The molecule has 6 heteroatoms. The van der Waals surface area contributed by atoms with Crippen LogP contribution in [0.2, 0.25) is 5.02 Å². The minimum Gasteiger partial charge on any atom is -0.489 e. The van der Waals surface area contributed by atoms with Crippen molar-refractivity contribution < 1.29 is 17.9 Å². The Morgan fingerprint density at radius 2 is 1.66 bits per heavy atom. The molecule has 158 valence electrons. The first-order valence-electron chi connectivity index (χ1n) is 10.6. The van der Waals surface area contributed by atoms with Gasteiger partial charge in [-0.05, 0) is 74.7 Å². The largest absolute Gasteiger partial charge is 0.489 e. The second-order valence-electron chi connectivity index (χ2n) is 8.40. The maximum absolute atomic E-state index is 12.9. The van der Waals surface area contributed by atoms with Crippen LogP contribution in [0.3, 0.4) is 0 Å². The van der Waals surface area contributed by atoms with Gasteiger partial charge in [-0.1, -0.05) is 36.2 Å². The van der Waals surface area contributed by atoms with Crippen LogP contribution in [0.15, 0.2) is 30.3 Å². The second-order valence-corrected chi connectivity index (χ2v) is 8.78. The molecule has 1 aliphatic carbocycles. The highest BCUT2D eigenvalue weighted by molar-refractivity contribution is 6.37. The number of fused-ring (bicyclic) bond motifs is 1. The summed E-state index contributed by atoms with van der Waals surface area (Å²) in [6.45, 7) is 3.18. The monoisotopic (exact) mass is 425 g/mol. The number of hydrogen-bond donors (Lipinski definition) is 0. The van der Waals surface area contributed by atoms with Gasteiger partial charge in [0.2, 0.25) is 0 Å². The maximum atomic E-state index is 12.9. The number of benzene rings is 2. The molecule has 0 unspecified atom stereocenters. The van der Waals surface area contributed by atoms with E-state index in [2.05, 4.69) is 23.1 Å². The number of ether oxygens (including phenoxy) is 1. The van der Waals surface area contributed by atoms with Crippen LogP contribution >= 0.6 is 11.6 Å². The molecule has 0 amide bonds. The minimum absolute atomic E-state index is 0.124. The Hall–Kier alpha value is -1.46. The normalized spacial score (nSPS) is 24.0. The van der Waals surface area contributed by atoms with Crippen LogP contribution in [0.5, 0.6) is 5.75 Å². The first kappa shape index (κ1) is 20.8. The van der Waals surface area contributed by atoms with Gasteiger partial charge in [-0.3, -0.25) is 4.90 Å². The third-order valence-corrected chi connectivity index (χ3v) is 6.66. The van der Waals surface area contributed by atoms with Crippen molar-refractivity contribution in [3.05, 3.63) is 40.9 Å². The minimum atomic E-state index is -4.10. The molecule has 2 aliphatic rings. The fourth-order valence-electron chi connectivity index (χ4n) is 4.56. The number of piperidine rings is 1. The van der Waals surface area contributed by atoms with Crippen molar-refractivity contribution in [3.63, 3.8) is 0 Å². The van der Waals surface area contributed by atoms with Crippen molar-refractivity contribution in [2.45, 2.75) is 63.8 Å². The average Bonchev–Trinajstić information content (AvgIpc) is 2.71. The van der Waals surface area contributed by atoms with Gasteiger partial charge in [-0.25, -0.2) is 0 Å². The highest BCUT2D eigenvalue weighted by Crippen LogP contribution is 2.40. The van der Waals surface area contributed by atoms with Crippen LogP contribution in [0.25, 0.3) is 10.8 Å². The zero-order chi connectivity index (χ0) is 20.4. The molecule has 0 aromatic heterocycles. The van der Waals surface area contributed by atoms with E-state index in [0.717, 1.165) is 30.4 Å². The Morgan fingerprint density at radius 1 is 0.966 bits per heavy atom. The third kappa shape index (κ3) is 5.00. The molecule has 0 radical (unpaired) electrons. The Labute approximate surface area is 175 Å². The van der Waals surface area contributed by atoms with Crippen LogP contribution in [0.4, 0.5) is 13.2 Å². The Bertz CT molecular complexity index is 840. The van der Waals surface area contributed by atoms with Crippen molar-refractivity contribution in [1.82, 2.24) is 4.90 Å². The molecule has 1 saturated heterocycles. The summed E-state index contributed by atoms with van der Waals surface area (Å²) in [5.74, 6) is -0.628. The lowest BCUT2D eigenvalue weighted by Gasteiger charge is -2.30. The summed E-state index contributed by atoms with van der Waals surface area (Å²) < 4.78 is 44.7. The van der Waals surface area contributed by atoms with Crippen molar-refractivity contribution in [2.24, 2.45) is 5.92 Å². The van der Waals surface area contributed by atoms with E-state index >= 15 is 0 Å². The quantitative estimate of drug-likeness (QED) is 0.524. The molecule has 4 rings (SSSR count). The molecule has 1 aliphatic heterocycles. The lowest BCUT2D eigenvalue weighted by Crippen LogP contribution is -2.31. The predicted molar refractivity (Wildman–Crippen MR) is 111 cm³/mol. The first-order valence-corrected chi connectivity index (χ1v) is 10.9. The third-order valence-electron chi connectivity index (χ3n) is 6.27. The van der Waals surface area contributed by atoms with Crippen LogP contribution in [0.1, 0.15) is 50.5 Å². The van der Waals surface area contributed by atoms with E-state index in [1.807, 2.05) is 12.1 Å². The van der Waals surface area contributed by atoms with Gasteiger partial charge in [-0.2, -0.15) is 13.2 Å². The first-order chi connectivity index (χ1) is 13.9. The lowest BCUT2D eigenvalue weighted by molar-refractivity contribution is -0.185. The number of likely N-dealkylation sites (tertiary alicyclic amines) is 1. The zero-order valence-corrected chi connectivity index (χ0v) is 17.2. The fourth-order valence-corrected chi connectivity index (χ4v) is 4.83. The zero-order valence-electron chi connectivity index (χ0n) is 16.5. The van der Waals surface area contributed by atoms with Gasteiger partial charge in [-0.15, -0.1) is 0 Å². The van der Waals surface area contributed by atoms with E-state index in [0.29, 0.717) is 23.6 Å². The number of hydrogen-bond acceptors (Lipinski definition) is 2. The standard InChI is InChI=1S/C23H27ClF3NO/c24-22-20-14-16(15-28-12-2-1-3-13-28)4-5-17(20)6-11-21(22)29-19-9-7-18(8-10-19)23(25,26)27/h4-6,11,14,18-19H,1-3,7-10,12-13,15H2. The highest BCUT2D eigenvalue weighted by atomic mass is 35.5.